The Bertz CT molecular complexity index is 1430. The highest BCUT2D eigenvalue weighted by Crippen LogP contribution is 2.22. The van der Waals surface area contributed by atoms with Crippen LogP contribution in [0.15, 0.2) is 53.3 Å². The Morgan fingerprint density at radius 3 is 2.57 bits per heavy atom. The van der Waals surface area contributed by atoms with Gasteiger partial charge in [-0.05, 0) is 31.2 Å². The predicted molar refractivity (Wildman–Crippen MR) is 115 cm³/mol. The molecule has 3 aromatic heterocycles. The third-order valence-corrected chi connectivity index (χ3v) is 5.24. The van der Waals surface area contributed by atoms with Crippen molar-refractivity contribution in [1.82, 2.24) is 28.7 Å². The lowest BCUT2D eigenvalue weighted by Crippen LogP contribution is -2.23. The normalized spacial score (nSPS) is 11.7. The number of imidazole rings is 1. The average molecular weight is 403 g/mol. The largest absolute Gasteiger partial charge is 0.395 e. The zero-order chi connectivity index (χ0) is 20.7. The zero-order valence-corrected chi connectivity index (χ0v) is 16.5. The second-order valence-electron chi connectivity index (χ2n) is 6.98. The maximum Gasteiger partial charge on any atom is 0.262 e. The van der Waals surface area contributed by atoms with Crippen molar-refractivity contribution in [2.45, 2.75) is 20.0 Å². The monoisotopic (exact) mass is 403 g/mol. The first-order valence-electron chi connectivity index (χ1n) is 9.88. The summed E-state index contributed by atoms with van der Waals surface area (Å²) in [5.74, 6) is 1.86. The van der Waals surface area contributed by atoms with Crippen LogP contribution in [0.5, 0.6) is 0 Å². The average Bonchev–Trinajstić information content (AvgIpc) is 3.35. The van der Waals surface area contributed by atoms with Gasteiger partial charge in [0.25, 0.3) is 5.56 Å². The quantitative estimate of drug-likeness (QED) is 0.449. The number of hydrogen-bond donors (Lipinski definition) is 2. The molecular weight excluding hydrogens is 382 g/mol. The van der Waals surface area contributed by atoms with E-state index in [9.17, 15) is 9.90 Å². The summed E-state index contributed by atoms with van der Waals surface area (Å²) in [7, 11) is 0. The second kappa shape index (κ2) is 7.27. The van der Waals surface area contributed by atoms with Crippen molar-refractivity contribution in [3.05, 3.63) is 64.7 Å². The van der Waals surface area contributed by atoms with Crippen LogP contribution in [0.25, 0.3) is 27.7 Å². The Balaban J connectivity index is 1.74. The first-order valence-corrected chi connectivity index (χ1v) is 9.88. The number of fused-ring (bicyclic) bond motifs is 4. The number of hydrogen-bond acceptors (Lipinski definition) is 6. The minimum Gasteiger partial charge on any atom is -0.395 e. The molecule has 0 bridgehead atoms. The number of anilines is 1. The van der Waals surface area contributed by atoms with E-state index in [1.807, 2.05) is 64.4 Å². The van der Waals surface area contributed by atoms with Crippen molar-refractivity contribution in [3.63, 3.8) is 0 Å². The number of nitrogens with zero attached hydrogens (tertiary/aromatic N) is 6. The van der Waals surface area contributed by atoms with Crippen LogP contribution in [0.4, 0.5) is 5.95 Å². The molecule has 0 saturated heterocycles. The molecule has 0 aliphatic carbocycles. The highest BCUT2D eigenvalue weighted by atomic mass is 16.3. The van der Waals surface area contributed by atoms with E-state index in [1.165, 1.54) is 0 Å². The Kier molecular flexibility index (Phi) is 4.44. The Morgan fingerprint density at radius 1 is 1.00 bits per heavy atom. The number of aliphatic hydroxyl groups is 1. The van der Waals surface area contributed by atoms with Crippen molar-refractivity contribution in [3.8, 4) is 0 Å². The lowest BCUT2D eigenvalue weighted by Gasteiger charge is -2.12. The Morgan fingerprint density at radius 2 is 1.77 bits per heavy atom. The van der Waals surface area contributed by atoms with Crippen molar-refractivity contribution in [2.24, 2.45) is 0 Å². The number of aromatic nitrogens is 6. The molecule has 2 N–H and O–H groups in total. The van der Waals surface area contributed by atoms with Crippen LogP contribution in [-0.4, -0.2) is 47.0 Å². The zero-order valence-electron chi connectivity index (χ0n) is 16.5. The van der Waals surface area contributed by atoms with Gasteiger partial charge in [0.2, 0.25) is 11.7 Å². The third kappa shape index (κ3) is 2.74. The Labute approximate surface area is 171 Å². The van der Waals surface area contributed by atoms with Gasteiger partial charge >= 0.3 is 0 Å². The summed E-state index contributed by atoms with van der Waals surface area (Å²) in [6.45, 7) is 3.22. The van der Waals surface area contributed by atoms with Gasteiger partial charge in [-0.1, -0.05) is 24.3 Å². The summed E-state index contributed by atoms with van der Waals surface area (Å²) in [6, 6.07) is 15.3. The molecule has 0 fully saturated rings. The van der Waals surface area contributed by atoms with Gasteiger partial charge in [0.1, 0.15) is 0 Å². The minimum atomic E-state index is -0.0714. The summed E-state index contributed by atoms with van der Waals surface area (Å²) in [5, 5.41) is 21.8. The van der Waals surface area contributed by atoms with E-state index in [2.05, 4.69) is 20.5 Å². The molecule has 0 saturated carbocycles. The highest BCUT2D eigenvalue weighted by Gasteiger charge is 2.18. The number of benzene rings is 2. The van der Waals surface area contributed by atoms with Gasteiger partial charge in [0, 0.05) is 13.1 Å². The van der Waals surface area contributed by atoms with Crippen molar-refractivity contribution in [1.29, 1.82) is 0 Å². The van der Waals surface area contributed by atoms with Gasteiger partial charge < -0.3 is 15.0 Å². The third-order valence-electron chi connectivity index (χ3n) is 5.24. The minimum absolute atomic E-state index is 0.00445. The number of aryl methyl sites for hydroxylation is 1. The van der Waals surface area contributed by atoms with Crippen LogP contribution < -0.4 is 10.9 Å². The topological polar surface area (TPSA) is 102 Å². The predicted octanol–water partition coefficient (Wildman–Crippen LogP) is 1.87. The van der Waals surface area contributed by atoms with Gasteiger partial charge in [0.05, 0.1) is 35.1 Å². The van der Waals surface area contributed by atoms with Crippen molar-refractivity contribution in [2.75, 3.05) is 18.5 Å². The molecule has 3 heterocycles. The molecule has 2 aromatic carbocycles. The molecule has 30 heavy (non-hydrogen) atoms. The highest BCUT2D eigenvalue weighted by molar-refractivity contribution is 5.81. The van der Waals surface area contributed by atoms with Gasteiger partial charge in [0.15, 0.2) is 5.82 Å². The number of para-hydroxylation sites is 3. The van der Waals surface area contributed by atoms with Gasteiger partial charge in [-0.3, -0.25) is 13.8 Å². The van der Waals surface area contributed by atoms with E-state index in [-0.39, 0.29) is 12.2 Å². The van der Waals surface area contributed by atoms with Crippen molar-refractivity contribution >= 4 is 33.7 Å². The molecule has 9 nitrogen and oxygen atoms in total. The first-order chi connectivity index (χ1) is 14.7. The molecule has 5 rings (SSSR count). The maximum absolute atomic E-state index is 12.9. The van der Waals surface area contributed by atoms with E-state index in [1.54, 1.807) is 4.57 Å². The summed E-state index contributed by atoms with van der Waals surface area (Å²) in [6.07, 6.45) is 0. The summed E-state index contributed by atoms with van der Waals surface area (Å²) < 4.78 is 5.58. The maximum atomic E-state index is 12.9. The lowest BCUT2D eigenvalue weighted by atomic mass is 10.2. The Hall–Kier alpha value is -3.72. The van der Waals surface area contributed by atoms with E-state index in [0.717, 1.165) is 16.6 Å². The van der Waals surface area contributed by atoms with Crippen LogP contribution in [0, 0.1) is 0 Å². The van der Waals surface area contributed by atoms with E-state index >= 15 is 0 Å². The molecule has 0 unspecified atom stereocenters. The number of aliphatic hydroxyl groups excluding tert-OH is 1. The van der Waals surface area contributed by atoms with Crippen LogP contribution in [-0.2, 0) is 13.1 Å². The van der Waals surface area contributed by atoms with Crippen LogP contribution in [0.1, 0.15) is 12.7 Å². The fourth-order valence-corrected chi connectivity index (χ4v) is 3.88. The molecule has 0 aliphatic rings. The van der Waals surface area contributed by atoms with Gasteiger partial charge in [-0.25, -0.2) is 4.98 Å². The van der Waals surface area contributed by atoms with Crippen LogP contribution >= 0.6 is 0 Å². The molecule has 9 heteroatoms. The van der Waals surface area contributed by atoms with E-state index in [4.69, 9.17) is 0 Å². The lowest BCUT2D eigenvalue weighted by molar-refractivity contribution is 0.310. The fraction of sp³-hybridized carbons (Fsp3) is 0.238. The standard InChI is InChI=1S/C21H21N7O2/c1-2-26-19(30)14-7-3-5-9-16(14)28-18(24-25-21(26)28)13-27-17-10-6-4-8-15(17)23-20(27)22-11-12-29/h3-10,29H,2,11-13H2,1H3,(H,22,23). The molecule has 152 valence electrons. The molecule has 0 radical (unpaired) electrons. The van der Waals surface area contributed by atoms with Crippen molar-refractivity contribution < 1.29 is 5.11 Å². The molecule has 5 aromatic rings. The second-order valence-corrected chi connectivity index (χ2v) is 6.98. The van der Waals surface area contributed by atoms with E-state index < -0.39 is 0 Å². The van der Waals surface area contributed by atoms with Gasteiger partial charge in [-0.2, -0.15) is 0 Å². The smallest absolute Gasteiger partial charge is 0.262 e. The summed E-state index contributed by atoms with van der Waals surface area (Å²) >= 11 is 0. The molecule has 0 aliphatic heterocycles. The number of rotatable bonds is 6. The van der Waals surface area contributed by atoms with Crippen LogP contribution in [0.2, 0.25) is 0 Å². The van der Waals surface area contributed by atoms with Gasteiger partial charge in [-0.15, -0.1) is 10.2 Å². The SMILES string of the molecule is CCn1c(=O)c2ccccc2n2c(Cn3c(NCCO)nc4ccccc43)nnc12. The van der Waals surface area contributed by atoms with Crippen LogP contribution in [0.3, 0.4) is 0 Å². The molecule has 0 spiro atoms. The van der Waals surface area contributed by atoms with E-state index in [0.29, 0.717) is 42.6 Å². The molecule has 0 atom stereocenters. The summed E-state index contributed by atoms with van der Waals surface area (Å²) in [4.78, 5) is 17.5. The fourth-order valence-electron chi connectivity index (χ4n) is 3.88. The molecule has 0 amide bonds. The number of nitrogens with one attached hydrogen (secondary N) is 1. The first kappa shape index (κ1) is 18.3. The molecular formula is C21H21N7O2. The summed E-state index contributed by atoms with van der Waals surface area (Å²) in [5.41, 5.74) is 2.50.